The first-order chi connectivity index (χ1) is 14.0. The van der Waals surface area contributed by atoms with E-state index in [-0.39, 0.29) is 17.9 Å². The number of rotatable bonds is 5. The van der Waals surface area contributed by atoms with Gasteiger partial charge in [-0.1, -0.05) is 32.0 Å². The normalized spacial score (nSPS) is 34.6. The summed E-state index contributed by atoms with van der Waals surface area (Å²) in [6, 6.07) is 0.253. The lowest BCUT2D eigenvalue weighted by Gasteiger charge is -2.34. The van der Waals surface area contributed by atoms with Crippen LogP contribution in [-0.4, -0.2) is 51.9 Å². The molecule has 2 saturated heterocycles. The second kappa shape index (κ2) is 9.09. The van der Waals surface area contributed by atoms with E-state index in [2.05, 4.69) is 19.2 Å². The number of carbonyl (C=O) groups excluding carboxylic acids is 2. The predicted octanol–water partition coefficient (Wildman–Crippen LogP) is 4.37. The number of amidine groups is 1. The molecule has 1 N–H and O–H groups in total. The van der Waals surface area contributed by atoms with E-state index >= 15 is 0 Å². The Balaban J connectivity index is 1.53. The van der Waals surface area contributed by atoms with Crippen molar-refractivity contribution in [2.24, 2.45) is 22.7 Å². The van der Waals surface area contributed by atoms with Gasteiger partial charge in [0.2, 0.25) is 11.8 Å². The molecule has 2 heterocycles. The van der Waals surface area contributed by atoms with Gasteiger partial charge < -0.3 is 10.2 Å². The van der Waals surface area contributed by atoms with Crippen molar-refractivity contribution in [2.45, 2.75) is 82.7 Å². The van der Waals surface area contributed by atoms with Gasteiger partial charge in [0.1, 0.15) is 6.42 Å². The number of aliphatic imine (C=N–C) groups is 1. The van der Waals surface area contributed by atoms with Gasteiger partial charge in [0.05, 0.1) is 10.8 Å². The molecule has 3 fully saturated rings. The molecule has 0 bridgehead atoms. The second-order valence-electron chi connectivity index (χ2n) is 9.33. The average molecular weight is 448 g/mol. The zero-order valence-electron chi connectivity index (χ0n) is 17.9. The molecule has 30 heavy (non-hydrogen) atoms. The third kappa shape index (κ3) is 5.71. The van der Waals surface area contributed by atoms with Gasteiger partial charge in [-0.3, -0.25) is 14.6 Å². The van der Waals surface area contributed by atoms with Crippen LogP contribution in [0, 0.1) is 17.8 Å². The molecular formula is C21H32F3N3O2S. The van der Waals surface area contributed by atoms with Crippen LogP contribution in [0.1, 0.15) is 65.7 Å². The molecule has 1 saturated carbocycles. The minimum Gasteiger partial charge on any atom is -0.342 e. The van der Waals surface area contributed by atoms with E-state index in [0.717, 1.165) is 12.8 Å². The van der Waals surface area contributed by atoms with Crippen molar-refractivity contribution in [2.75, 3.05) is 13.1 Å². The number of piperidine rings is 1. The van der Waals surface area contributed by atoms with E-state index in [4.69, 9.17) is 4.99 Å². The van der Waals surface area contributed by atoms with E-state index in [9.17, 15) is 22.8 Å². The van der Waals surface area contributed by atoms with Crippen molar-refractivity contribution in [3.05, 3.63) is 0 Å². The standard InChI is InChI=1S/C21H32F3N3O2S/c1-4-14-9-13(2)16(10-14)25-19-26-18(29)20(3,30-19)11-15-5-7-27(8-6-15)17(28)12-21(22,23)24/h13-16H,4-12H2,1-3H3,(H,25,26,29). The molecule has 9 heteroatoms. The van der Waals surface area contributed by atoms with Crippen molar-refractivity contribution < 1.29 is 22.8 Å². The molecule has 0 aromatic heterocycles. The maximum Gasteiger partial charge on any atom is 0.397 e. The molecule has 5 nitrogen and oxygen atoms in total. The highest BCUT2D eigenvalue weighted by Crippen LogP contribution is 2.41. The molecular weight excluding hydrogens is 415 g/mol. The lowest BCUT2D eigenvalue weighted by Crippen LogP contribution is -2.42. The maximum absolute atomic E-state index is 12.7. The lowest BCUT2D eigenvalue weighted by atomic mass is 9.87. The van der Waals surface area contributed by atoms with Crippen LogP contribution in [0.5, 0.6) is 0 Å². The van der Waals surface area contributed by atoms with E-state index < -0.39 is 23.3 Å². The minimum absolute atomic E-state index is 0.0421. The molecule has 4 unspecified atom stereocenters. The van der Waals surface area contributed by atoms with Gasteiger partial charge in [-0.05, 0) is 56.8 Å². The summed E-state index contributed by atoms with van der Waals surface area (Å²) in [6.45, 7) is 6.99. The first-order valence-corrected chi connectivity index (χ1v) is 11.7. The molecule has 0 aromatic rings. The number of thioether (sulfide) groups is 1. The monoisotopic (exact) mass is 447 g/mol. The molecule has 2 amide bonds. The van der Waals surface area contributed by atoms with Crippen molar-refractivity contribution in [1.29, 1.82) is 0 Å². The van der Waals surface area contributed by atoms with E-state index in [1.54, 1.807) is 0 Å². The topological polar surface area (TPSA) is 61.8 Å². The number of nitrogens with zero attached hydrogens (tertiary/aromatic N) is 2. The number of amides is 2. The van der Waals surface area contributed by atoms with Gasteiger partial charge in [-0.2, -0.15) is 13.2 Å². The van der Waals surface area contributed by atoms with Crippen LogP contribution in [-0.2, 0) is 9.59 Å². The first kappa shape index (κ1) is 23.4. The molecule has 1 aliphatic carbocycles. The van der Waals surface area contributed by atoms with Gasteiger partial charge in [-0.15, -0.1) is 0 Å². The number of carbonyl (C=O) groups is 2. The van der Waals surface area contributed by atoms with E-state index in [0.29, 0.717) is 49.4 Å². The number of hydrogen-bond donors (Lipinski definition) is 1. The molecule has 170 valence electrons. The lowest BCUT2D eigenvalue weighted by molar-refractivity contribution is -0.162. The number of halogens is 3. The summed E-state index contributed by atoms with van der Waals surface area (Å²) < 4.78 is 36.7. The average Bonchev–Trinajstić information content (AvgIpc) is 3.13. The van der Waals surface area contributed by atoms with Crippen molar-refractivity contribution in [3.8, 4) is 0 Å². The van der Waals surface area contributed by atoms with Crippen LogP contribution in [0.25, 0.3) is 0 Å². The Bertz CT molecular complexity index is 691. The summed E-state index contributed by atoms with van der Waals surface area (Å²) in [4.78, 5) is 30.6. The predicted molar refractivity (Wildman–Crippen MR) is 112 cm³/mol. The summed E-state index contributed by atoms with van der Waals surface area (Å²) in [5.74, 6) is 0.529. The van der Waals surface area contributed by atoms with Crippen molar-refractivity contribution in [1.82, 2.24) is 10.2 Å². The second-order valence-corrected chi connectivity index (χ2v) is 10.8. The Labute approximate surface area is 180 Å². The Kier molecular flexibility index (Phi) is 7.09. The third-order valence-electron chi connectivity index (χ3n) is 6.82. The summed E-state index contributed by atoms with van der Waals surface area (Å²) >= 11 is 1.49. The summed E-state index contributed by atoms with van der Waals surface area (Å²) in [7, 11) is 0. The fourth-order valence-corrected chi connectivity index (χ4v) is 6.17. The largest absolute Gasteiger partial charge is 0.397 e. The van der Waals surface area contributed by atoms with Gasteiger partial charge in [0, 0.05) is 13.1 Å². The van der Waals surface area contributed by atoms with Gasteiger partial charge in [0.25, 0.3) is 0 Å². The smallest absolute Gasteiger partial charge is 0.342 e. The molecule has 3 rings (SSSR count). The highest BCUT2D eigenvalue weighted by molar-refractivity contribution is 8.16. The zero-order valence-corrected chi connectivity index (χ0v) is 18.7. The molecule has 0 radical (unpaired) electrons. The van der Waals surface area contributed by atoms with Crippen molar-refractivity contribution in [3.63, 3.8) is 0 Å². The minimum atomic E-state index is -4.47. The third-order valence-corrected chi connectivity index (χ3v) is 8.02. The van der Waals surface area contributed by atoms with Gasteiger partial charge >= 0.3 is 6.18 Å². The molecule has 0 aromatic carbocycles. The molecule has 2 aliphatic heterocycles. The molecule has 4 atom stereocenters. The highest BCUT2D eigenvalue weighted by atomic mass is 32.2. The summed E-state index contributed by atoms with van der Waals surface area (Å²) in [6.07, 6.45) is -0.572. The first-order valence-electron chi connectivity index (χ1n) is 10.9. The Morgan fingerprint density at radius 3 is 2.50 bits per heavy atom. The number of likely N-dealkylation sites (tertiary alicyclic amines) is 1. The van der Waals surface area contributed by atoms with Crippen LogP contribution in [0.3, 0.4) is 0 Å². The Morgan fingerprint density at radius 1 is 1.27 bits per heavy atom. The van der Waals surface area contributed by atoms with Crippen LogP contribution in [0.4, 0.5) is 13.2 Å². The van der Waals surface area contributed by atoms with Crippen LogP contribution in [0.2, 0.25) is 0 Å². The summed E-state index contributed by atoms with van der Waals surface area (Å²) in [5, 5.41) is 3.65. The SMILES string of the molecule is CCC1CC(C)C(N=C2NC(=O)C(C)(CC3CCN(C(=O)CC(F)(F)F)CC3)S2)C1. The van der Waals surface area contributed by atoms with Gasteiger partial charge in [0.15, 0.2) is 5.17 Å². The summed E-state index contributed by atoms with van der Waals surface area (Å²) in [5.41, 5.74) is 0. The molecule has 3 aliphatic rings. The maximum atomic E-state index is 12.7. The Morgan fingerprint density at radius 2 is 1.93 bits per heavy atom. The zero-order chi connectivity index (χ0) is 22.1. The van der Waals surface area contributed by atoms with Crippen LogP contribution >= 0.6 is 11.8 Å². The molecule has 0 spiro atoms. The number of nitrogens with one attached hydrogen (secondary N) is 1. The van der Waals surface area contributed by atoms with Crippen molar-refractivity contribution >= 4 is 28.7 Å². The number of hydrogen-bond acceptors (Lipinski definition) is 4. The van der Waals surface area contributed by atoms with E-state index in [1.165, 1.54) is 23.1 Å². The van der Waals surface area contributed by atoms with Crippen LogP contribution in [0.15, 0.2) is 4.99 Å². The van der Waals surface area contributed by atoms with Crippen LogP contribution < -0.4 is 5.32 Å². The van der Waals surface area contributed by atoms with E-state index in [1.807, 2.05) is 6.92 Å². The Hall–Kier alpha value is -1.25. The fraction of sp³-hybridized carbons (Fsp3) is 0.857. The quantitative estimate of drug-likeness (QED) is 0.681. The highest BCUT2D eigenvalue weighted by Gasteiger charge is 2.45. The van der Waals surface area contributed by atoms with Gasteiger partial charge in [-0.25, -0.2) is 0 Å². The fourth-order valence-electron chi connectivity index (χ4n) is 4.94. The number of alkyl halides is 3.